The monoisotopic (exact) mass is 884 g/mol. The first-order valence-corrected chi connectivity index (χ1v) is 24.0. The van der Waals surface area contributed by atoms with Crippen molar-refractivity contribution < 1.29 is 4.74 Å². The van der Waals surface area contributed by atoms with Crippen LogP contribution >= 0.6 is 11.8 Å². The highest BCUT2D eigenvalue weighted by atomic mass is 32.2. The van der Waals surface area contributed by atoms with Crippen LogP contribution in [0.1, 0.15) is 0 Å². The summed E-state index contributed by atoms with van der Waals surface area (Å²) in [5.74, 6) is 1.67. The first-order valence-electron chi connectivity index (χ1n) is 23.1. The maximum Gasteiger partial charge on any atom is 0.159 e. The normalized spacial score (nSPS) is 12.7. The van der Waals surface area contributed by atoms with Crippen molar-refractivity contribution in [3.8, 4) is 44.9 Å². The fourth-order valence-corrected chi connectivity index (χ4v) is 11.7. The molecule has 0 spiro atoms. The zero-order valence-electron chi connectivity index (χ0n) is 36.8. The van der Waals surface area contributed by atoms with Crippen LogP contribution in [0.5, 0.6) is 11.5 Å². The molecule has 0 atom stereocenters. The van der Waals surface area contributed by atoms with Gasteiger partial charge in [-0.15, -0.1) is 0 Å². The molecule has 2 aliphatic rings. The van der Waals surface area contributed by atoms with Crippen molar-refractivity contribution in [1.29, 1.82) is 0 Å². The van der Waals surface area contributed by atoms with Crippen LogP contribution in [-0.2, 0) is 0 Å². The number of fused-ring (bicyclic) bond motifs is 12. The number of benzene rings is 12. The number of anilines is 6. The first-order chi connectivity index (χ1) is 33.7. The summed E-state index contributed by atoms with van der Waals surface area (Å²) in [5, 5.41) is 9.68. The lowest BCUT2D eigenvalue weighted by atomic mass is 9.91. The van der Waals surface area contributed by atoms with Gasteiger partial charge in [0.25, 0.3) is 0 Å². The molecule has 2 heterocycles. The largest absolute Gasteiger partial charge is 0.452 e. The van der Waals surface area contributed by atoms with E-state index in [0.29, 0.717) is 0 Å². The molecule has 0 N–H and O–H groups in total. The molecule has 0 radical (unpaired) electrons. The summed E-state index contributed by atoms with van der Waals surface area (Å²) in [6.45, 7) is 0. The van der Waals surface area contributed by atoms with E-state index in [2.05, 4.69) is 252 Å². The molecule has 0 saturated carbocycles. The fraction of sp³-hybridized carbons (Fsp3) is 0. The van der Waals surface area contributed by atoms with E-state index in [1.54, 1.807) is 0 Å². The predicted molar refractivity (Wildman–Crippen MR) is 286 cm³/mol. The van der Waals surface area contributed by atoms with E-state index >= 15 is 0 Å². The van der Waals surface area contributed by atoms with Crippen molar-refractivity contribution in [3.05, 3.63) is 243 Å². The summed E-state index contributed by atoms with van der Waals surface area (Å²) >= 11 is 1.83. The Labute approximate surface area is 398 Å². The average Bonchev–Trinajstić information content (AvgIpc) is 3.41. The van der Waals surface area contributed by atoms with E-state index in [0.717, 1.165) is 61.8 Å². The second kappa shape index (κ2) is 15.5. The average molecular weight is 885 g/mol. The van der Waals surface area contributed by atoms with Gasteiger partial charge < -0.3 is 14.5 Å². The third-order valence-electron chi connectivity index (χ3n) is 13.8. The molecular weight excluding hydrogens is 845 g/mol. The Morgan fingerprint density at radius 2 is 0.809 bits per heavy atom. The fourth-order valence-electron chi connectivity index (χ4n) is 10.6. The van der Waals surface area contributed by atoms with Crippen LogP contribution < -0.4 is 14.5 Å². The Kier molecular flexibility index (Phi) is 8.83. The highest BCUT2D eigenvalue weighted by Crippen LogP contribution is 2.56. The zero-order valence-corrected chi connectivity index (χ0v) is 37.6. The third kappa shape index (κ3) is 6.22. The van der Waals surface area contributed by atoms with Crippen molar-refractivity contribution in [2.24, 2.45) is 0 Å². The van der Waals surface area contributed by atoms with E-state index in [4.69, 9.17) is 4.74 Å². The van der Waals surface area contributed by atoms with Crippen LogP contribution in [0.25, 0.3) is 76.5 Å². The summed E-state index contributed by atoms with van der Waals surface area (Å²) in [6.07, 6.45) is 0. The summed E-state index contributed by atoms with van der Waals surface area (Å²) in [6, 6.07) is 88.2. The van der Waals surface area contributed by atoms with Gasteiger partial charge in [-0.05, 0) is 144 Å². The molecule has 0 amide bonds. The van der Waals surface area contributed by atoms with E-state index < -0.39 is 0 Å². The van der Waals surface area contributed by atoms with Crippen molar-refractivity contribution in [3.63, 3.8) is 0 Å². The minimum Gasteiger partial charge on any atom is -0.452 e. The number of hydrogen-bond donors (Lipinski definition) is 0. The standard InChI is InChI=1S/C64H40N2OS/c1-3-14-41(15-4-1)44-19-13-20-48(36-44)66-58-24-11-12-25-62(58)68-63-39-47(29-34-59(63)66)46-28-33-57-61(38-46)67-64-50-21-8-7-18-43(50)27-35-60(64)65(57)49-30-32-54-53-31-26-45(42-16-5-2-6-17-42)37-55(53)51-22-9-10-23-52(51)56(54)40-49/h1-40H. The zero-order chi connectivity index (χ0) is 44.7. The van der Waals surface area contributed by atoms with Gasteiger partial charge in [-0.2, -0.15) is 0 Å². The maximum atomic E-state index is 7.09. The Morgan fingerprint density at radius 3 is 1.60 bits per heavy atom. The topological polar surface area (TPSA) is 15.7 Å². The molecular formula is C64H40N2OS. The molecule has 2 aliphatic heterocycles. The Hall–Kier alpha value is -8.57. The van der Waals surface area contributed by atoms with E-state index in [9.17, 15) is 0 Å². The molecule has 0 saturated heterocycles. The molecule has 68 heavy (non-hydrogen) atoms. The van der Waals surface area contributed by atoms with Gasteiger partial charge in [-0.25, -0.2) is 0 Å². The van der Waals surface area contributed by atoms with Crippen molar-refractivity contribution >= 4 is 89.0 Å². The molecule has 0 aliphatic carbocycles. The number of rotatable bonds is 5. The molecule has 0 unspecified atom stereocenters. The Morgan fingerprint density at radius 1 is 0.279 bits per heavy atom. The highest BCUT2D eigenvalue weighted by Gasteiger charge is 2.30. The Balaban J connectivity index is 0.898. The number of nitrogens with zero attached hydrogens (tertiary/aromatic N) is 2. The molecule has 0 fully saturated rings. The van der Waals surface area contributed by atoms with Gasteiger partial charge in [-0.3, -0.25) is 0 Å². The second-order valence-electron chi connectivity index (χ2n) is 17.7. The summed E-state index contributed by atoms with van der Waals surface area (Å²) in [7, 11) is 0. The van der Waals surface area contributed by atoms with Crippen molar-refractivity contribution in [1.82, 2.24) is 0 Å². The van der Waals surface area contributed by atoms with Crippen molar-refractivity contribution in [2.45, 2.75) is 9.79 Å². The van der Waals surface area contributed by atoms with Crippen LogP contribution in [0.2, 0.25) is 0 Å². The van der Waals surface area contributed by atoms with E-state index in [1.807, 2.05) is 11.8 Å². The van der Waals surface area contributed by atoms with Gasteiger partial charge in [0.2, 0.25) is 0 Å². The van der Waals surface area contributed by atoms with Gasteiger partial charge in [0, 0.05) is 26.6 Å². The van der Waals surface area contributed by atoms with Crippen LogP contribution in [0.3, 0.4) is 0 Å². The third-order valence-corrected chi connectivity index (χ3v) is 14.9. The molecule has 3 nitrogen and oxygen atoms in total. The van der Waals surface area contributed by atoms with E-state index in [1.165, 1.54) is 70.0 Å². The van der Waals surface area contributed by atoms with Gasteiger partial charge in [-0.1, -0.05) is 182 Å². The second-order valence-corrected chi connectivity index (χ2v) is 18.7. The smallest absolute Gasteiger partial charge is 0.159 e. The minimum absolute atomic E-state index is 0.818. The SMILES string of the molecule is c1ccc(-c2cccc(N3c4ccccc4Sc4cc(-c5ccc6c(c5)Oc5c(ccc7ccccc57)N6c5ccc6c7ccc(-c8ccccc8)cc7c7ccccc7c6c5)ccc43)c2)cc1. The van der Waals surface area contributed by atoms with Crippen LogP contribution in [-0.4, -0.2) is 0 Å². The molecule has 14 rings (SSSR count). The summed E-state index contributed by atoms with van der Waals surface area (Å²) in [4.78, 5) is 7.23. The number of para-hydroxylation sites is 1. The van der Waals surface area contributed by atoms with Crippen LogP contribution in [0.4, 0.5) is 34.1 Å². The van der Waals surface area contributed by atoms with Gasteiger partial charge in [0.15, 0.2) is 11.5 Å². The highest BCUT2D eigenvalue weighted by molar-refractivity contribution is 7.99. The summed E-state index contributed by atoms with van der Waals surface area (Å²) < 4.78 is 7.09. The molecule has 318 valence electrons. The van der Waals surface area contributed by atoms with Crippen molar-refractivity contribution in [2.75, 3.05) is 9.80 Å². The van der Waals surface area contributed by atoms with Crippen LogP contribution in [0.15, 0.2) is 252 Å². The molecule has 4 heteroatoms. The lowest BCUT2D eigenvalue weighted by molar-refractivity contribution is 0.483. The molecule has 0 aromatic heterocycles. The lowest BCUT2D eigenvalue weighted by Crippen LogP contribution is -2.16. The number of ether oxygens (including phenoxy) is 1. The van der Waals surface area contributed by atoms with E-state index in [-0.39, 0.29) is 0 Å². The molecule has 0 bridgehead atoms. The number of hydrogen-bond acceptors (Lipinski definition) is 4. The quantitative estimate of drug-likeness (QED) is 0.160. The first kappa shape index (κ1) is 38.7. The minimum atomic E-state index is 0.818. The predicted octanol–water partition coefficient (Wildman–Crippen LogP) is 18.8. The molecule has 12 aromatic carbocycles. The van der Waals surface area contributed by atoms with Gasteiger partial charge in [0.05, 0.1) is 22.7 Å². The maximum absolute atomic E-state index is 7.09. The van der Waals surface area contributed by atoms with Gasteiger partial charge in [0.1, 0.15) is 0 Å². The van der Waals surface area contributed by atoms with Crippen LogP contribution in [0, 0.1) is 0 Å². The molecule has 12 aromatic rings. The Bertz CT molecular complexity index is 3980. The van der Waals surface area contributed by atoms with Gasteiger partial charge >= 0.3 is 0 Å². The lowest BCUT2D eigenvalue weighted by Gasteiger charge is -2.34. The summed E-state index contributed by atoms with van der Waals surface area (Å²) in [5.41, 5.74) is 13.6.